The molecule has 3 rings (SSSR count). The van der Waals surface area contributed by atoms with E-state index >= 15 is 0 Å². The summed E-state index contributed by atoms with van der Waals surface area (Å²) in [6, 6.07) is 9.66. The minimum Gasteiger partial charge on any atom is -0.495 e. The first-order valence-corrected chi connectivity index (χ1v) is 12.3. The lowest BCUT2D eigenvalue weighted by Gasteiger charge is -2.26. The summed E-state index contributed by atoms with van der Waals surface area (Å²) in [6.07, 6.45) is 1.08. The molecule has 1 aliphatic rings. The highest BCUT2D eigenvalue weighted by Crippen LogP contribution is 2.29. The Bertz CT molecular complexity index is 1140. The van der Waals surface area contributed by atoms with Crippen molar-refractivity contribution in [1.29, 1.82) is 0 Å². The van der Waals surface area contributed by atoms with Crippen molar-refractivity contribution in [2.75, 3.05) is 45.0 Å². The highest BCUT2D eigenvalue weighted by atomic mass is 32.2. The third kappa shape index (κ3) is 4.81. The highest BCUT2D eigenvalue weighted by Gasteiger charge is 2.27. The van der Waals surface area contributed by atoms with E-state index in [4.69, 9.17) is 9.47 Å². The Kier molecular flexibility index (Phi) is 6.46. The predicted octanol–water partition coefficient (Wildman–Crippen LogP) is 1.37. The Hall–Kier alpha value is -2.47. The van der Waals surface area contributed by atoms with Crippen molar-refractivity contribution < 1.29 is 31.1 Å². The van der Waals surface area contributed by atoms with Gasteiger partial charge in [0, 0.05) is 24.9 Å². The minimum absolute atomic E-state index is 0.0212. The lowest BCUT2D eigenvalue weighted by Crippen LogP contribution is -2.40. The molecule has 2 aromatic rings. The van der Waals surface area contributed by atoms with E-state index in [1.54, 1.807) is 0 Å². The summed E-state index contributed by atoms with van der Waals surface area (Å²) in [5.74, 6) is -0.244. The van der Waals surface area contributed by atoms with Crippen molar-refractivity contribution in [3.63, 3.8) is 0 Å². The molecule has 0 radical (unpaired) electrons. The maximum absolute atomic E-state index is 12.9. The van der Waals surface area contributed by atoms with Gasteiger partial charge < -0.3 is 14.8 Å². The van der Waals surface area contributed by atoms with E-state index in [-0.39, 0.29) is 39.9 Å². The fourth-order valence-corrected chi connectivity index (χ4v) is 4.99. The largest absolute Gasteiger partial charge is 0.495 e. The van der Waals surface area contributed by atoms with Crippen molar-refractivity contribution in [2.45, 2.75) is 9.79 Å². The van der Waals surface area contributed by atoms with Crippen LogP contribution in [0.25, 0.3) is 0 Å². The smallest absolute Gasteiger partial charge is 0.255 e. The van der Waals surface area contributed by atoms with Crippen LogP contribution in [0, 0.1) is 0 Å². The molecule has 9 nitrogen and oxygen atoms in total. The molecule has 11 heteroatoms. The monoisotopic (exact) mass is 454 g/mol. The molecule has 1 saturated heterocycles. The Morgan fingerprint density at radius 3 is 2.17 bits per heavy atom. The van der Waals surface area contributed by atoms with Gasteiger partial charge >= 0.3 is 0 Å². The fraction of sp³-hybridized carbons (Fsp3) is 0.316. The molecule has 0 unspecified atom stereocenters. The van der Waals surface area contributed by atoms with E-state index in [0.29, 0.717) is 13.2 Å². The third-order valence-electron chi connectivity index (χ3n) is 4.57. The van der Waals surface area contributed by atoms with Crippen molar-refractivity contribution in [2.24, 2.45) is 0 Å². The number of anilines is 1. The molecule has 0 atom stereocenters. The van der Waals surface area contributed by atoms with Crippen LogP contribution in [-0.2, 0) is 24.6 Å². The zero-order valence-electron chi connectivity index (χ0n) is 16.5. The van der Waals surface area contributed by atoms with Crippen LogP contribution >= 0.6 is 0 Å². The van der Waals surface area contributed by atoms with Gasteiger partial charge in [-0.2, -0.15) is 4.31 Å². The van der Waals surface area contributed by atoms with Gasteiger partial charge in [0.1, 0.15) is 5.75 Å². The number of benzene rings is 2. The first kappa shape index (κ1) is 22.2. The second-order valence-corrected chi connectivity index (χ2v) is 10.6. The molecule has 1 aliphatic heterocycles. The van der Waals surface area contributed by atoms with Gasteiger partial charge in [0.25, 0.3) is 5.91 Å². The number of amides is 1. The number of rotatable bonds is 6. The number of sulfone groups is 1. The molecule has 30 heavy (non-hydrogen) atoms. The Balaban J connectivity index is 1.88. The molecular weight excluding hydrogens is 432 g/mol. The summed E-state index contributed by atoms with van der Waals surface area (Å²) in [5.41, 5.74) is 0.398. The van der Waals surface area contributed by atoms with Crippen LogP contribution in [0.1, 0.15) is 10.4 Å². The Morgan fingerprint density at radius 1 is 1.00 bits per heavy atom. The molecule has 1 fully saturated rings. The van der Waals surface area contributed by atoms with E-state index in [9.17, 15) is 21.6 Å². The second-order valence-electron chi connectivity index (χ2n) is 6.63. The van der Waals surface area contributed by atoms with E-state index in [1.165, 1.54) is 53.9 Å². The number of methoxy groups -OCH3 is 1. The zero-order chi connectivity index (χ0) is 21.9. The summed E-state index contributed by atoms with van der Waals surface area (Å²) in [7, 11) is -5.73. The number of carbonyl (C=O) groups excluding carboxylic acids is 1. The fourth-order valence-electron chi connectivity index (χ4n) is 2.93. The number of hydrogen-bond donors (Lipinski definition) is 1. The van der Waals surface area contributed by atoms with Crippen LogP contribution in [-0.4, -0.2) is 66.7 Å². The summed E-state index contributed by atoms with van der Waals surface area (Å²) in [6.45, 7) is 1.15. The molecule has 1 amide bonds. The van der Waals surface area contributed by atoms with Gasteiger partial charge in [-0.15, -0.1) is 0 Å². The number of carbonyl (C=O) groups is 1. The SMILES string of the molecule is COc1ccc(S(=O)(=O)N2CCOCC2)cc1NC(=O)c1ccc(S(C)(=O)=O)cc1. The van der Waals surface area contributed by atoms with E-state index in [0.717, 1.165) is 6.26 Å². The maximum Gasteiger partial charge on any atom is 0.255 e. The van der Waals surface area contributed by atoms with Crippen LogP contribution in [0.2, 0.25) is 0 Å². The average molecular weight is 455 g/mol. The van der Waals surface area contributed by atoms with Gasteiger partial charge in [0.2, 0.25) is 10.0 Å². The van der Waals surface area contributed by atoms with Crippen LogP contribution in [0.5, 0.6) is 5.75 Å². The second kappa shape index (κ2) is 8.72. The minimum atomic E-state index is -3.75. The quantitative estimate of drug-likeness (QED) is 0.700. The van der Waals surface area contributed by atoms with E-state index in [2.05, 4.69) is 5.32 Å². The maximum atomic E-state index is 12.9. The summed E-state index contributed by atoms with van der Waals surface area (Å²) in [5, 5.41) is 2.63. The van der Waals surface area contributed by atoms with Crippen molar-refractivity contribution in [1.82, 2.24) is 4.31 Å². The average Bonchev–Trinajstić information content (AvgIpc) is 2.73. The molecule has 0 aromatic heterocycles. The van der Waals surface area contributed by atoms with Gasteiger partial charge in [-0.3, -0.25) is 4.79 Å². The number of nitrogens with one attached hydrogen (secondary N) is 1. The van der Waals surface area contributed by atoms with Gasteiger partial charge in [-0.1, -0.05) is 0 Å². The molecular formula is C19H22N2O7S2. The Labute approximate surface area is 175 Å². The molecule has 0 aliphatic carbocycles. The third-order valence-corrected chi connectivity index (χ3v) is 7.59. The molecule has 1 N–H and O–H groups in total. The molecule has 0 bridgehead atoms. The van der Waals surface area contributed by atoms with E-state index < -0.39 is 25.8 Å². The van der Waals surface area contributed by atoms with Crippen LogP contribution < -0.4 is 10.1 Å². The lowest BCUT2D eigenvalue weighted by atomic mass is 10.2. The number of ether oxygens (including phenoxy) is 2. The molecule has 2 aromatic carbocycles. The standard InChI is InChI=1S/C19H22N2O7S2/c1-27-18-8-7-16(30(25,26)21-9-11-28-12-10-21)13-17(18)20-19(22)14-3-5-15(6-4-14)29(2,23)24/h3-8,13H,9-12H2,1-2H3,(H,20,22). The Morgan fingerprint density at radius 2 is 1.60 bits per heavy atom. The van der Waals surface area contributed by atoms with E-state index in [1.807, 2.05) is 0 Å². The number of nitrogens with zero attached hydrogens (tertiary/aromatic N) is 1. The molecule has 162 valence electrons. The number of hydrogen-bond acceptors (Lipinski definition) is 7. The van der Waals surface area contributed by atoms with Crippen LogP contribution in [0.15, 0.2) is 52.3 Å². The van der Waals surface area contributed by atoms with Gasteiger partial charge in [-0.25, -0.2) is 16.8 Å². The topological polar surface area (TPSA) is 119 Å². The predicted molar refractivity (Wildman–Crippen MR) is 110 cm³/mol. The number of sulfonamides is 1. The molecule has 1 heterocycles. The first-order valence-electron chi connectivity index (χ1n) is 9.00. The first-order chi connectivity index (χ1) is 14.1. The molecule has 0 saturated carbocycles. The van der Waals surface area contributed by atoms with Crippen molar-refractivity contribution in [3.05, 3.63) is 48.0 Å². The summed E-state index contributed by atoms with van der Waals surface area (Å²) in [4.78, 5) is 12.7. The zero-order valence-corrected chi connectivity index (χ0v) is 18.1. The van der Waals surface area contributed by atoms with Crippen LogP contribution in [0.4, 0.5) is 5.69 Å². The number of morpholine rings is 1. The van der Waals surface area contributed by atoms with Gasteiger partial charge in [-0.05, 0) is 42.5 Å². The van der Waals surface area contributed by atoms with Crippen molar-refractivity contribution >= 4 is 31.5 Å². The molecule has 0 spiro atoms. The van der Waals surface area contributed by atoms with Gasteiger partial charge in [0.15, 0.2) is 9.84 Å². The van der Waals surface area contributed by atoms with Crippen LogP contribution in [0.3, 0.4) is 0 Å². The van der Waals surface area contributed by atoms with Gasteiger partial charge in [0.05, 0.1) is 35.8 Å². The lowest BCUT2D eigenvalue weighted by molar-refractivity contribution is 0.0730. The highest BCUT2D eigenvalue weighted by molar-refractivity contribution is 7.90. The summed E-state index contributed by atoms with van der Waals surface area (Å²) >= 11 is 0. The van der Waals surface area contributed by atoms with Crippen molar-refractivity contribution in [3.8, 4) is 5.75 Å². The summed E-state index contributed by atoms with van der Waals surface area (Å²) < 4.78 is 60.7. The normalized spacial score (nSPS) is 15.5.